The first-order valence-corrected chi connectivity index (χ1v) is 13.4. The van der Waals surface area contributed by atoms with Crippen LogP contribution in [0.2, 0.25) is 0 Å². The first kappa shape index (κ1) is 24.7. The molecule has 0 amide bonds. The fraction of sp³-hybridized carbons (Fsp3) is 0.481. The van der Waals surface area contributed by atoms with Gasteiger partial charge in [0.25, 0.3) is 0 Å². The number of ether oxygens (including phenoxy) is 1. The van der Waals surface area contributed by atoms with E-state index in [1.165, 1.54) is 7.11 Å². The molecule has 0 unspecified atom stereocenters. The van der Waals surface area contributed by atoms with Crippen molar-refractivity contribution in [3.8, 4) is 17.6 Å². The van der Waals surface area contributed by atoms with Gasteiger partial charge in [0, 0.05) is 48.6 Å². The molecular weight excluding hydrogens is 448 g/mol. The van der Waals surface area contributed by atoms with E-state index in [9.17, 15) is 13.5 Å². The SMILES string of the molecule is COc1cccc(S(=O)(=O)N2CCCCN3[C@H](CO)[C@H](c4ccc(C#CC(C)C)cc4)[C@@H]3C2)c1. The molecule has 6 nitrogen and oxygen atoms in total. The van der Waals surface area contributed by atoms with Crippen LogP contribution >= 0.6 is 0 Å². The molecule has 4 rings (SSSR count). The number of rotatable bonds is 5. The Hall–Kier alpha value is -2.37. The lowest BCUT2D eigenvalue weighted by atomic mass is 9.74. The van der Waals surface area contributed by atoms with Gasteiger partial charge in [-0.05, 0) is 49.2 Å². The van der Waals surface area contributed by atoms with E-state index in [2.05, 4.69) is 42.7 Å². The summed E-state index contributed by atoms with van der Waals surface area (Å²) >= 11 is 0. The molecule has 2 fully saturated rings. The van der Waals surface area contributed by atoms with E-state index in [1.807, 2.05) is 12.1 Å². The zero-order chi connectivity index (χ0) is 24.3. The highest BCUT2D eigenvalue weighted by atomic mass is 32.2. The topological polar surface area (TPSA) is 70.1 Å². The van der Waals surface area contributed by atoms with Gasteiger partial charge in [0.2, 0.25) is 10.0 Å². The lowest BCUT2D eigenvalue weighted by Gasteiger charge is -2.57. The maximum atomic E-state index is 13.5. The van der Waals surface area contributed by atoms with Crippen molar-refractivity contribution in [3.05, 3.63) is 59.7 Å². The highest BCUT2D eigenvalue weighted by molar-refractivity contribution is 7.89. The van der Waals surface area contributed by atoms with Crippen LogP contribution in [-0.2, 0) is 10.0 Å². The van der Waals surface area contributed by atoms with E-state index in [0.717, 1.165) is 30.5 Å². The Kier molecular flexibility index (Phi) is 7.63. The van der Waals surface area contributed by atoms with Gasteiger partial charge in [-0.3, -0.25) is 4.90 Å². The second kappa shape index (κ2) is 10.5. The van der Waals surface area contributed by atoms with Gasteiger partial charge in [0.05, 0.1) is 18.6 Å². The second-order valence-electron chi connectivity index (χ2n) is 9.38. The molecule has 0 radical (unpaired) electrons. The summed E-state index contributed by atoms with van der Waals surface area (Å²) in [6, 6.07) is 14.9. The van der Waals surface area contributed by atoms with E-state index >= 15 is 0 Å². The normalized spacial score (nSPS) is 23.7. The maximum absolute atomic E-state index is 13.5. The molecule has 3 atom stereocenters. The molecular formula is C27H34N2O4S. The van der Waals surface area contributed by atoms with Crippen LogP contribution in [0.3, 0.4) is 0 Å². The minimum atomic E-state index is -3.66. The monoisotopic (exact) mass is 482 g/mol. The van der Waals surface area contributed by atoms with Gasteiger partial charge < -0.3 is 9.84 Å². The van der Waals surface area contributed by atoms with Gasteiger partial charge in [-0.15, -0.1) is 0 Å². The number of sulfonamides is 1. The third kappa shape index (κ3) is 5.01. The number of hydrogen-bond donors (Lipinski definition) is 1. The molecule has 2 aliphatic rings. The number of hydrogen-bond acceptors (Lipinski definition) is 5. The average molecular weight is 483 g/mol. The summed E-state index contributed by atoms with van der Waals surface area (Å²) in [4.78, 5) is 2.53. The number of aliphatic hydroxyl groups excluding tert-OH is 1. The fourth-order valence-corrected chi connectivity index (χ4v) is 6.59. The zero-order valence-corrected chi connectivity index (χ0v) is 21.0. The van der Waals surface area contributed by atoms with Gasteiger partial charge in [-0.25, -0.2) is 8.42 Å². The van der Waals surface area contributed by atoms with Crippen LogP contribution < -0.4 is 4.74 Å². The predicted octanol–water partition coefficient (Wildman–Crippen LogP) is 3.32. The van der Waals surface area contributed by atoms with Gasteiger partial charge in [0.1, 0.15) is 5.75 Å². The van der Waals surface area contributed by atoms with Crippen molar-refractivity contribution in [3.63, 3.8) is 0 Å². The Bertz CT molecular complexity index is 1150. The molecule has 2 aromatic rings. The minimum Gasteiger partial charge on any atom is -0.497 e. The van der Waals surface area contributed by atoms with E-state index in [0.29, 0.717) is 24.8 Å². The van der Waals surface area contributed by atoms with Crippen molar-refractivity contribution >= 4 is 10.0 Å². The van der Waals surface area contributed by atoms with Gasteiger partial charge in [0.15, 0.2) is 0 Å². The average Bonchev–Trinajstić information content (AvgIpc) is 2.82. The Morgan fingerprint density at radius 2 is 1.85 bits per heavy atom. The molecule has 2 heterocycles. The van der Waals surface area contributed by atoms with Crippen molar-refractivity contribution in [1.29, 1.82) is 0 Å². The van der Waals surface area contributed by atoms with Crippen LogP contribution in [-0.4, -0.2) is 68.2 Å². The van der Waals surface area contributed by atoms with E-state index in [-0.39, 0.29) is 29.5 Å². The van der Waals surface area contributed by atoms with Crippen molar-refractivity contribution in [1.82, 2.24) is 9.21 Å². The molecule has 0 aromatic heterocycles. The van der Waals surface area contributed by atoms with Crippen LogP contribution in [0.15, 0.2) is 53.4 Å². The maximum Gasteiger partial charge on any atom is 0.243 e. The van der Waals surface area contributed by atoms with Crippen LogP contribution in [0.5, 0.6) is 5.75 Å². The number of benzene rings is 2. The smallest absolute Gasteiger partial charge is 0.243 e. The molecule has 2 aliphatic heterocycles. The second-order valence-corrected chi connectivity index (χ2v) is 11.3. The molecule has 7 heteroatoms. The summed E-state index contributed by atoms with van der Waals surface area (Å²) in [6.07, 6.45) is 1.69. The standard InChI is InChI=1S/C27H34N2O4S/c1-20(2)9-10-21-11-13-22(14-12-21)27-25-18-28(15-4-5-16-29(25)26(27)19-30)34(31,32)24-8-6-7-23(17-24)33-3/h6-8,11-14,17,20,25-27,30H,4-5,15-16,18-19H2,1-3H3/t25-,26+,27+/m0/s1. The van der Waals surface area contributed by atoms with Crippen molar-refractivity contribution in [2.45, 2.75) is 49.6 Å². The predicted molar refractivity (Wildman–Crippen MR) is 133 cm³/mol. The first-order chi connectivity index (χ1) is 16.3. The third-order valence-electron chi connectivity index (χ3n) is 6.81. The molecule has 0 saturated carbocycles. The van der Waals surface area contributed by atoms with E-state index < -0.39 is 10.0 Å². The number of fused-ring (bicyclic) bond motifs is 1. The lowest BCUT2D eigenvalue weighted by Crippen LogP contribution is -2.67. The number of methoxy groups -OCH3 is 1. The molecule has 0 aliphatic carbocycles. The molecule has 0 bridgehead atoms. The van der Waals surface area contributed by atoms with Gasteiger partial charge in [-0.2, -0.15) is 4.31 Å². The van der Waals surface area contributed by atoms with Crippen LogP contribution in [0.1, 0.15) is 43.7 Å². The molecule has 182 valence electrons. The minimum absolute atomic E-state index is 0.00271. The zero-order valence-electron chi connectivity index (χ0n) is 20.1. The van der Waals surface area contributed by atoms with E-state index in [1.54, 1.807) is 28.6 Å². The molecule has 2 saturated heterocycles. The number of nitrogens with zero attached hydrogens (tertiary/aromatic N) is 2. The summed E-state index contributed by atoms with van der Waals surface area (Å²) in [7, 11) is -2.13. The summed E-state index contributed by atoms with van der Waals surface area (Å²) in [5, 5.41) is 10.2. The summed E-state index contributed by atoms with van der Waals surface area (Å²) in [6.45, 7) is 5.95. The van der Waals surface area contributed by atoms with Crippen LogP contribution in [0.25, 0.3) is 0 Å². The third-order valence-corrected chi connectivity index (χ3v) is 8.67. The van der Waals surface area contributed by atoms with Crippen molar-refractivity contribution in [2.75, 3.05) is 33.4 Å². The summed E-state index contributed by atoms with van der Waals surface area (Å²) in [5.41, 5.74) is 2.09. The van der Waals surface area contributed by atoms with Crippen LogP contribution in [0, 0.1) is 17.8 Å². The highest BCUT2D eigenvalue weighted by Gasteiger charge is 2.50. The Labute approximate surface area is 203 Å². The Morgan fingerprint density at radius 3 is 2.53 bits per heavy atom. The highest BCUT2D eigenvalue weighted by Crippen LogP contribution is 2.42. The largest absolute Gasteiger partial charge is 0.497 e. The molecule has 34 heavy (non-hydrogen) atoms. The molecule has 2 aromatic carbocycles. The fourth-order valence-electron chi connectivity index (χ4n) is 5.05. The summed E-state index contributed by atoms with van der Waals surface area (Å²) in [5.74, 6) is 7.28. The van der Waals surface area contributed by atoms with Crippen molar-refractivity contribution in [2.24, 2.45) is 5.92 Å². The molecule has 0 spiro atoms. The van der Waals surface area contributed by atoms with Gasteiger partial charge in [-0.1, -0.05) is 43.9 Å². The van der Waals surface area contributed by atoms with Gasteiger partial charge >= 0.3 is 0 Å². The quantitative estimate of drug-likeness (QED) is 0.662. The Balaban J connectivity index is 1.61. The summed E-state index contributed by atoms with van der Waals surface area (Å²) < 4.78 is 34.0. The van der Waals surface area contributed by atoms with E-state index in [4.69, 9.17) is 4.74 Å². The lowest BCUT2D eigenvalue weighted by molar-refractivity contribution is -0.0553. The number of aliphatic hydroxyl groups is 1. The Morgan fingerprint density at radius 1 is 1.12 bits per heavy atom. The first-order valence-electron chi connectivity index (χ1n) is 12.0. The molecule has 1 N–H and O–H groups in total. The van der Waals surface area contributed by atoms with Crippen LogP contribution in [0.4, 0.5) is 0 Å². The van der Waals surface area contributed by atoms with Crippen molar-refractivity contribution < 1.29 is 18.3 Å².